The molecule has 2 heterocycles. The minimum atomic E-state index is -4.39. The first kappa shape index (κ1) is 19.0. The van der Waals surface area contributed by atoms with Crippen molar-refractivity contribution in [2.45, 2.75) is 45.6 Å². The molecular weight excluding hydrogens is 339 g/mol. The van der Waals surface area contributed by atoms with Crippen LogP contribution in [0.4, 0.5) is 13.2 Å². The first-order valence-electron chi connectivity index (χ1n) is 7.93. The Balaban J connectivity index is 1.88. The zero-order valence-corrected chi connectivity index (χ0v) is 15.1. The fraction of sp³-hybridized carbons (Fsp3) is 0.733. The number of nitrogens with one attached hydrogen (secondary N) is 2. The standard InChI is InChI=1S/C15H24F3N5S/c1-9(2)23-6-10(3)11(7-23)21-14(19-4)20-5-13-22-12(8-24-13)15(16,17)18/h8-11H,5-7H2,1-4H3,(H2,19,20,21). The van der Waals surface area contributed by atoms with Crippen molar-refractivity contribution in [1.29, 1.82) is 0 Å². The van der Waals surface area contributed by atoms with Gasteiger partial charge in [-0.3, -0.25) is 9.89 Å². The van der Waals surface area contributed by atoms with Gasteiger partial charge in [0.25, 0.3) is 0 Å². The Morgan fingerprint density at radius 3 is 2.67 bits per heavy atom. The van der Waals surface area contributed by atoms with Crippen LogP contribution >= 0.6 is 11.3 Å². The molecule has 0 radical (unpaired) electrons. The predicted molar refractivity (Wildman–Crippen MR) is 90.1 cm³/mol. The summed E-state index contributed by atoms with van der Waals surface area (Å²) in [4.78, 5) is 10.2. The first-order valence-corrected chi connectivity index (χ1v) is 8.81. The average Bonchev–Trinajstić information content (AvgIpc) is 3.10. The van der Waals surface area contributed by atoms with Gasteiger partial charge in [-0.15, -0.1) is 11.3 Å². The van der Waals surface area contributed by atoms with Crippen molar-refractivity contribution in [2.75, 3.05) is 20.1 Å². The van der Waals surface area contributed by atoms with Crippen molar-refractivity contribution in [3.8, 4) is 0 Å². The number of likely N-dealkylation sites (tertiary alicyclic amines) is 1. The highest BCUT2D eigenvalue weighted by Crippen LogP contribution is 2.29. The largest absolute Gasteiger partial charge is 0.434 e. The number of aliphatic imine (C=N–C) groups is 1. The highest BCUT2D eigenvalue weighted by Gasteiger charge is 2.34. The number of aromatic nitrogens is 1. The smallest absolute Gasteiger partial charge is 0.352 e. The number of rotatable bonds is 4. The topological polar surface area (TPSA) is 52.6 Å². The van der Waals surface area contributed by atoms with Gasteiger partial charge in [0.05, 0.1) is 6.54 Å². The quantitative estimate of drug-likeness (QED) is 0.638. The zero-order valence-electron chi connectivity index (χ0n) is 14.3. The third-order valence-corrected chi connectivity index (χ3v) is 5.01. The fourth-order valence-corrected chi connectivity index (χ4v) is 3.41. The molecule has 2 atom stereocenters. The fourth-order valence-electron chi connectivity index (χ4n) is 2.67. The SMILES string of the molecule is CN=C(NCc1nc(C(F)(F)F)cs1)NC1CN(C(C)C)CC1C. The number of alkyl halides is 3. The number of thiazole rings is 1. The van der Waals surface area contributed by atoms with Gasteiger partial charge in [0, 0.05) is 37.6 Å². The van der Waals surface area contributed by atoms with Crippen LogP contribution in [0.3, 0.4) is 0 Å². The second kappa shape index (κ2) is 7.69. The summed E-state index contributed by atoms with van der Waals surface area (Å²) in [7, 11) is 1.65. The zero-order chi connectivity index (χ0) is 17.9. The van der Waals surface area contributed by atoms with Gasteiger partial charge in [0.2, 0.25) is 0 Å². The molecule has 0 saturated carbocycles. The van der Waals surface area contributed by atoms with E-state index in [2.05, 4.69) is 46.3 Å². The van der Waals surface area contributed by atoms with Crippen LogP contribution in [0.15, 0.2) is 10.4 Å². The minimum Gasteiger partial charge on any atom is -0.352 e. The average molecular weight is 363 g/mol. The van der Waals surface area contributed by atoms with Crippen LogP contribution in [0.1, 0.15) is 31.5 Å². The van der Waals surface area contributed by atoms with Gasteiger partial charge in [-0.05, 0) is 19.8 Å². The first-order chi connectivity index (χ1) is 11.2. The van der Waals surface area contributed by atoms with E-state index in [1.807, 2.05) is 0 Å². The molecule has 2 unspecified atom stereocenters. The highest BCUT2D eigenvalue weighted by atomic mass is 32.1. The lowest BCUT2D eigenvalue weighted by molar-refractivity contribution is -0.140. The van der Waals surface area contributed by atoms with Crippen LogP contribution in [-0.4, -0.2) is 48.1 Å². The van der Waals surface area contributed by atoms with E-state index in [1.165, 1.54) is 0 Å². The number of guanidine groups is 1. The Hall–Kier alpha value is -1.35. The van der Waals surface area contributed by atoms with Crippen molar-refractivity contribution in [3.05, 3.63) is 16.1 Å². The Labute approximate surface area is 144 Å². The van der Waals surface area contributed by atoms with Gasteiger partial charge >= 0.3 is 6.18 Å². The number of halogens is 3. The number of hydrogen-bond donors (Lipinski definition) is 2. The van der Waals surface area contributed by atoms with Crippen molar-refractivity contribution < 1.29 is 13.2 Å². The van der Waals surface area contributed by atoms with Crippen molar-refractivity contribution in [1.82, 2.24) is 20.5 Å². The highest BCUT2D eigenvalue weighted by molar-refractivity contribution is 7.09. The molecule has 1 aromatic heterocycles. The van der Waals surface area contributed by atoms with Crippen LogP contribution in [-0.2, 0) is 12.7 Å². The van der Waals surface area contributed by atoms with Gasteiger partial charge in [-0.1, -0.05) is 6.92 Å². The Morgan fingerprint density at radius 2 is 2.17 bits per heavy atom. The lowest BCUT2D eigenvalue weighted by Gasteiger charge is -2.21. The van der Waals surface area contributed by atoms with Crippen LogP contribution < -0.4 is 10.6 Å². The summed E-state index contributed by atoms with van der Waals surface area (Å²) in [6, 6.07) is 0.756. The van der Waals surface area contributed by atoms with E-state index in [0.29, 0.717) is 22.9 Å². The molecule has 9 heteroatoms. The molecular formula is C15H24F3N5S. The predicted octanol–water partition coefficient (Wildman–Crippen LogP) is 2.56. The maximum atomic E-state index is 12.6. The lowest BCUT2D eigenvalue weighted by atomic mass is 10.1. The summed E-state index contributed by atoms with van der Waals surface area (Å²) < 4.78 is 37.7. The molecule has 0 bridgehead atoms. The van der Waals surface area contributed by atoms with Crippen LogP contribution in [0.2, 0.25) is 0 Å². The van der Waals surface area contributed by atoms with Crippen LogP contribution in [0.5, 0.6) is 0 Å². The molecule has 0 amide bonds. The normalized spacial score (nSPS) is 23.1. The van der Waals surface area contributed by atoms with Gasteiger partial charge in [0.15, 0.2) is 11.7 Å². The van der Waals surface area contributed by atoms with E-state index < -0.39 is 11.9 Å². The maximum absolute atomic E-state index is 12.6. The molecule has 1 saturated heterocycles. The molecule has 1 fully saturated rings. The summed E-state index contributed by atoms with van der Waals surface area (Å²) in [6.45, 7) is 8.69. The maximum Gasteiger partial charge on any atom is 0.434 e. The van der Waals surface area contributed by atoms with E-state index in [0.717, 1.165) is 29.8 Å². The minimum absolute atomic E-state index is 0.218. The molecule has 1 aliphatic heterocycles. The summed E-state index contributed by atoms with van der Waals surface area (Å²) in [5, 5.41) is 7.82. The summed E-state index contributed by atoms with van der Waals surface area (Å²) >= 11 is 0.992. The van der Waals surface area contributed by atoms with E-state index >= 15 is 0 Å². The Bertz CT molecular complexity index is 570. The summed E-state index contributed by atoms with van der Waals surface area (Å²) in [5.74, 6) is 1.06. The number of nitrogens with zero attached hydrogens (tertiary/aromatic N) is 3. The lowest BCUT2D eigenvalue weighted by Crippen LogP contribution is -2.46. The van der Waals surface area contributed by atoms with Gasteiger partial charge < -0.3 is 10.6 Å². The van der Waals surface area contributed by atoms with E-state index in [9.17, 15) is 13.2 Å². The summed E-state index contributed by atoms with van der Waals surface area (Å²) in [6.07, 6.45) is -4.39. The summed E-state index contributed by atoms with van der Waals surface area (Å²) in [5.41, 5.74) is -0.843. The molecule has 0 spiro atoms. The van der Waals surface area contributed by atoms with E-state index in [1.54, 1.807) is 7.05 Å². The third-order valence-electron chi connectivity index (χ3n) is 4.17. The Kier molecular flexibility index (Phi) is 6.08. The monoisotopic (exact) mass is 363 g/mol. The van der Waals surface area contributed by atoms with Crippen molar-refractivity contribution >= 4 is 17.3 Å². The van der Waals surface area contributed by atoms with Crippen LogP contribution in [0, 0.1) is 5.92 Å². The molecule has 0 aliphatic carbocycles. The van der Waals surface area contributed by atoms with E-state index in [-0.39, 0.29) is 12.6 Å². The van der Waals surface area contributed by atoms with Crippen LogP contribution in [0.25, 0.3) is 0 Å². The third kappa shape index (κ3) is 4.83. The molecule has 24 heavy (non-hydrogen) atoms. The molecule has 2 rings (SSSR count). The molecule has 5 nitrogen and oxygen atoms in total. The van der Waals surface area contributed by atoms with Crippen molar-refractivity contribution in [3.63, 3.8) is 0 Å². The van der Waals surface area contributed by atoms with Gasteiger partial charge in [-0.2, -0.15) is 13.2 Å². The Morgan fingerprint density at radius 1 is 1.46 bits per heavy atom. The molecule has 1 aromatic rings. The van der Waals surface area contributed by atoms with Crippen molar-refractivity contribution in [2.24, 2.45) is 10.9 Å². The molecule has 1 aliphatic rings. The second-order valence-corrected chi connectivity index (χ2v) is 7.27. The molecule has 2 N–H and O–H groups in total. The molecule has 0 aromatic carbocycles. The number of hydrogen-bond acceptors (Lipinski definition) is 4. The van der Waals surface area contributed by atoms with Gasteiger partial charge in [-0.25, -0.2) is 4.98 Å². The second-order valence-electron chi connectivity index (χ2n) is 6.33. The molecule has 136 valence electrons. The van der Waals surface area contributed by atoms with E-state index in [4.69, 9.17) is 0 Å². The van der Waals surface area contributed by atoms with Gasteiger partial charge in [0.1, 0.15) is 5.01 Å².